The van der Waals surface area contributed by atoms with Crippen molar-refractivity contribution in [2.45, 2.75) is 24.1 Å². The van der Waals surface area contributed by atoms with Crippen LogP contribution in [0.15, 0.2) is 24.3 Å². The molecule has 1 aliphatic carbocycles. The molecule has 1 atom stereocenters. The lowest BCUT2D eigenvalue weighted by Gasteiger charge is -2.17. The Kier molecular flexibility index (Phi) is 4.79. The lowest BCUT2D eigenvalue weighted by Crippen LogP contribution is -2.36. The van der Waals surface area contributed by atoms with E-state index in [4.69, 9.17) is 23.2 Å². The zero-order valence-corrected chi connectivity index (χ0v) is 13.5. The maximum atomic E-state index is 12.0. The first-order valence-corrected chi connectivity index (χ1v) is 7.61. The Balaban J connectivity index is 1.91. The highest BCUT2D eigenvalue weighted by Crippen LogP contribution is 2.53. The minimum Gasteiger partial charge on any atom is -0.336 e. The van der Waals surface area contributed by atoms with E-state index in [1.165, 1.54) is 4.90 Å². The molecule has 1 saturated carbocycles. The van der Waals surface area contributed by atoms with Crippen molar-refractivity contribution < 1.29 is 9.59 Å². The van der Waals surface area contributed by atoms with Gasteiger partial charge in [0.15, 0.2) is 0 Å². The lowest BCUT2D eigenvalue weighted by molar-refractivity contribution is -0.134. The first-order chi connectivity index (χ1) is 9.85. The van der Waals surface area contributed by atoms with Crippen molar-refractivity contribution in [2.24, 2.45) is 5.92 Å². The molecule has 0 saturated heterocycles. The van der Waals surface area contributed by atoms with Crippen LogP contribution in [0.25, 0.3) is 0 Å². The average Bonchev–Trinajstić information content (AvgIpc) is 3.07. The smallest absolute Gasteiger partial charge is 0.243 e. The summed E-state index contributed by atoms with van der Waals surface area (Å²) >= 11 is 11.7. The van der Waals surface area contributed by atoms with Gasteiger partial charge in [0.05, 0.1) is 12.5 Å². The molecular weight excluding hydrogens is 311 g/mol. The molecule has 4 nitrogen and oxygen atoms in total. The van der Waals surface area contributed by atoms with E-state index >= 15 is 0 Å². The van der Waals surface area contributed by atoms with Crippen molar-refractivity contribution in [1.29, 1.82) is 0 Å². The average molecular weight is 329 g/mol. The Morgan fingerprint density at radius 2 is 2.00 bits per heavy atom. The number of likely N-dealkylation sites (N-methyl/N-ethyl adjacent to an activating group) is 1. The fourth-order valence-corrected chi connectivity index (χ4v) is 2.68. The SMILES string of the molecule is CCc1ccccc1NC(=O)CN(C)C(=O)C1CC1(Cl)Cl. The molecule has 0 heterocycles. The number of halogens is 2. The van der Waals surface area contributed by atoms with Gasteiger partial charge in [0, 0.05) is 12.7 Å². The van der Waals surface area contributed by atoms with Gasteiger partial charge >= 0.3 is 0 Å². The summed E-state index contributed by atoms with van der Waals surface area (Å²) in [6, 6.07) is 7.60. The minimum atomic E-state index is -0.962. The predicted octanol–water partition coefficient (Wildman–Crippen LogP) is 2.84. The number of alkyl halides is 2. The van der Waals surface area contributed by atoms with Crippen LogP contribution in [0.1, 0.15) is 18.9 Å². The van der Waals surface area contributed by atoms with Gasteiger partial charge in [-0.1, -0.05) is 25.1 Å². The highest BCUT2D eigenvalue weighted by atomic mass is 35.5. The van der Waals surface area contributed by atoms with Crippen molar-refractivity contribution in [3.8, 4) is 0 Å². The molecule has 2 rings (SSSR count). The number of rotatable bonds is 5. The number of benzene rings is 1. The van der Waals surface area contributed by atoms with Crippen molar-refractivity contribution in [3.05, 3.63) is 29.8 Å². The van der Waals surface area contributed by atoms with Crippen LogP contribution < -0.4 is 5.32 Å². The van der Waals surface area contributed by atoms with Gasteiger partial charge in [0.2, 0.25) is 11.8 Å². The molecule has 0 spiro atoms. The van der Waals surface area contributed by atoms with E-state index in [2.05, 4.69) is 5.32 Å². The van der Waals surface area contributed by atoms with Gasteiger partial charge in [0.25, 0.3) is 0 Å². The zero-order valence-electron chi connectivity index (χ0n) is 12.0. The molecule has 1 fully saturated rings. The summed E-state index contributed by atoms with van der Waals surface area (Å²) in [5.41, 5.74) is 1.84. The third-order valence-corrected chi connectivity index (χ3v) is 4.39. The third-order valence-electron chi connectivity index (χ3n) is 3.55. The molecule has 6 heteroatoms. The Bertz CT molecular complexity index is 560. The van der Waals surface area contributed by atoms with Crippen LogP contribution in [0.4, 0.5) is 5.69 Å². The number of hydrogen-bond acceptors (Lipinski definition) is 2. The fourth-order valence-electron chi connectivity index (χ4n) is 2.18. The van der Waals surface area contributed by atoms with Crippen LogP contribution in [0, 0.1) is 5.92 Å². The summed E-state index contributed by atoms with van der Waals surface area (Å²) in [6.07, 6.45) is 1.27. The van der Waals surface area contributed by atoms with Crippen LogP contribution >= 0.6 is 23.2 Å². The van der Waals surface area contributed by atoms with Gasteiger partial charge < -0.3 is 10.2 Å². The Morgan fingerprint density at radius 3 is 2.57 bits per heavy atom. The van der Waals surface area contributed by atoms with Gasteiger partial charge in [-0.3, -0.25) is 9.59 Å². The van der Waals surface area contributed by atoms with Crippen molar-refractivity contribution in [3.63, 3.8) is 0 Å². The second-order valence-electron chi connectivity index (χ2n) is 5.27. The molecule has 1 N–H and O–H groups in total. The van der Waals surface area contributed by atoms with Crippen LogP contribution in [-0.4, -0.2) is 34.6 Å². The van der Waals surface area contributed by atoms with E-state index < -0.39 is 10.3 Å². The molecule has 1 aliphatic rings. The molecule has 0 aliphatic heterocycles. The van der Waals surface area contributed by atoms with Crippen molar-refractivity contribution >= 4 is 40.7 Å². The molecule has 1 unspecified atom stereocenters. The van der Waals surface area contributed by atoms with E-state index in [1.807, 2.05) is 31.2 Å². The Morgan fingerprint density at radius 1 is 1.38 bits per heavy atom. The number of anilines is 1. The quantitative estimate of drug-likeness (QED) is 0.845. The number of hydrogen-bond donors (Lipinski definition) is 1. The largest absolute Gasteiger partial charge is 0.336 e. The maximum Gasteiger partial charge on any atom is 0.243 e. The topological polar surface area (TPSA) is 49.4 Å². The first kappa shape index (κ1) is 16.1. The number of carbonyl (C=O) groups is 2. The van der Waals surface area contributed by atoms with Crippen LogP contribution in [-0.2, 0) is 16.0 Å². The molecule has 21 heavy (non-hydrogen) atoms. The van der Waals surface area contributed by atoms with Gasteiger partial charge in [-0.05, 0) is 24.5 Å². The van der Waals surface area contributed by atoms with E-state index in [0.29, 0.717) is 6.42 Å². The van der Waals surface area contributed by atoms with Gasteiger partial charge in [-0.25, -0.2) is 0 Å². The third kappa shape index (κ3) is 3.89. The van der Waals surface area contributed by atoms with E-state index in [9.17, 15) is 9.59 Å². The Hall–Kier alpha value is -1.26. The first-order valence-electron chi connectivity index (χ1n) is 6.85. The normalized spacial score (nSPS) is 19.0. The molecule has 114 valence electrons. The highest BCUT2D eigenvalue weighted by Gasteiger charge is 2.57. The zero-order chi connectivity index (χ0) is 15.6. The number of aryl methyl sites for hydroxylation is 1. The van der Waals surface area contributed by atoms with E-state index in [-0.39, 0.29) is 18.4 Å². The van der Waals surface area contributed by atoms with E-state index in [1.54, 1.807) is 7.05 Å². The number of nitrogens with one attached hydrogen (secondary N) is 1. The van der Waals surface area contributed by atoms with Gasteiger partial charge in [-0.2, -0.15) is 0 Å². The molecule has 0 bridgehead atoms. The summed E-state index contributed by atoms with van der Waals surface area (Å²) in [7, 11) is 1.58. The molecule has 1 aromatic carbocycles. The summed E-state index contributed by atoms with van der Waals surface area (Å²) in [5.74, 6) is -0.831. The van der Waals surface area contributed by atoms with Crippen LogP contribution in [0.5, 0.6) is 0 Å². The number of carbonyl (C=O) groups excluding carboxylic acids is 2. The highest BCUT2D eigenvalue weighted by molar-refractivity contribution is 6.52. The number of nitrogens with zero attached hydrogens (tertiary/aromatic N) is 1. The molecule has 1 aromatic rings. The van der Waals surface area contributed by atoms with Crippen molar-refractivity contribution in [2.75, 3.05) is 18.9 Å². The standard InChI is InChI=1S/C15H18Cl2N2O2/c1-3-10-6-4-5-7-12(10)18-13(20)9-19(2)14(21)11-8-15(11,16)17/h4-7,11H,3,8-9H2,1-2H3,(H,18,20). The molecule has 0 aromatic heterocycles. The van der Waals surface area contributed by atoms with Crippen LogP contribution in [0.3, 0.4) is 0 Å². The summed E-state index contributed by atoms with van der Waals surface area (Å²) in [5, 5.41) is 2.83. The van der Waals surface area contributed by atoms with Gasteiger partial charge in [0.1, 0.15) is 4.33 Å². The Labute approximate surface area is 134 Å². The predicted molar refractivity (Wildman–Crippen MR) is 84.6 cm³/mol. The second-order valence-corrected chi connectivity index (χ2v) is 6.81. The van der Waals surface area contributed by atoms with Crippen molar-refractivity contribution in [1.82, 2.24) is 4.90 Å². The lowest BCUT2D eigenvalue weighted by atomic mass is 10.1. The minimum absolute atomic E-state index is 0.0166. The summed E-state index contributed by atoms with van der Waals surface area (Å²) < 4.78 is -0.962. The summed E-state index contributed by atoms with van der Waals surface area (Å²) in [4.78, 5) is 25.4. The fraction of sp³-hybridized carbons (Fsp3) is 0.467. The molecule has 2 amide bonds. The molecular formula is C15H18Cl2N2O2. The maximum absolute atomic E-state index is 12.0. The monoisotopic (exact) mass is 328 g/mol. The molecule has 0 radical (unpaired) electrons. The number of para-hydroxylation sites is 1. The second kappa shape index (κ2) is 6.24. The van der Waals surface area contributed by atoms with E-state index in [0.717, 1.165) is 17.7 Å². The number of amides is 2. The van der Waals surface area contributed by atoms with Crippen LogP contribution in [0.2, 0.25) is 0 Å². The van der Waals surface area contributed by atoms with Gasteiger partial charge in [-0.15, -0.1) is 23.2 Å². The summed E-state index contributed by atoms with van der Waals surface area (Å²) in [6.45, 7) is 2.01.